The summed E-state index contributed by atoms with van der Waals surface area (Å²) in [5.74, 6) is 1.42. The van der Waals surface area contributed by atoms with Crippen molar-refractivity contribution in [2.45, 2.75) is 12.5 Å². The number of hydrogen-bond donors (Lipinski definition) is 1. The second kappa shape index (κ2) is 5.85. The van der Waals surface area contributed by atoms with Crippen molar-refractivity contribution in [3.05, 3.63) is 58.1 Å². The van der Waals surface area contributed by atoms with Gasteiger partial charge in [0.1, 0.15) is 13.2 Å². The van der Waals surface area contributed by atoms with Gasteiger partial charge in [-0.3, -0.25) is 0 Å². The molecule has 0 aliphatic carbocycles. The van der Waals surface area contributed by atoms with Crippen molar-refractivity contribution in [1.82, 2.24) is 0 Å². The fourth-order valence-corrected chi connectivity index (χ4v) is 2.87. The summed E-state index contributed by atoms with van der Waals surface area (Å²) < 4.78 is 11.9. The van der Waals surface area contributed by atoms with Crippen LogP contribution in [-0.4, -0.2) is 18.3 Å². The highest BCUT2D eigenvalue weighted by Crippen LogP contribution is 2.38. The molecule has 0 amide bonds. The smallest absolute Gasteiger partial charge is 0.162 e. The standard InChI is InChI=1S/C16H15BrO3/c17-13-10-16-15(19-6-7-20-16)9-12(13)14(18)8-11-4-2-1-3-5-11/h1-5,9-10,14,18H,6-8H2. The molecule has 4 heteroatoms. The third-order valence-corrected chi connectivity index (χ3v) is 3.98. The minimum Gasteiger partial charge on any atom is -0.486 e. The SMILES string of the molecule is OC(Cc1ccccc1)c1cc2c(cc1Br)OCCO2. The molecular formula is C16H15BrO3. The van der Waals surface area contributed by atoms with Crippen molar-refractivity contribution in [2.75, 3.05) is 13.2 Å². The van der Waals surface area contributed by atoms with E-state index < -0.39 is 6.10 Å². The zero-order valence-corrected chi connectivity index (χ0v) is 12.5. The van der Waals surface area contributed by atoms with Gasteiger partial charge in [-0.2, -0.15) is 0 Å². The maximum atomic E-state index is 10.4. The summed E-state index contributed by atoms with van der Waals surface area (Å²) >= 11 is 3.49. The molecular weight excluding hydrogens is 320 g/mol. The number of hydrogen-bond acceptors (Lipinski definition) is 3. The summed E-state index contributed by atoms with van der Waals surface area (Å²) in [6.45, 7) is 1.11. The van der Waals surface area contributed by atoms with Crippen molar-refractivity contribution >= 4 is 15.9 Å². The molecule has 20 heavy (non-hydrogen) atoms. The molecule has 1 N–H and O–H groups in total. The minimum atomic E-state index is -0.581. The molecule has 0 spiro atoms. The number of fused-ring (bicyclic) bond motifs is 1. The number of aliphatic hydroxyl groups is 1. The zero-order chi connectivity index (χ0) is 13.9. The largest absolute Gasteiger partial charge is 0.486 e. The molecule has 1 aliphatic heterocycles. The van der Waals surface area contributed by atoms with Gasteiger partial charge in [-0.05, 0) is 23.3 Å². The fraction of sp³-hybridized carbons (Fsp3) is 0.250. The Balaban J connectivity index is 1.86. The summed E-state index contributed by atoms with van der Waals surface area (Å²) in [7, 11) is 0. The summed E-state index contributed by atoms with van der Waals surface area (Å²) in [4.78, 5) is 0. The molecule has 0 saturated heterocycles. The average Bonchev–Trinajstić information content (AvgIpc) is 2.47. The summed E-state index contributed by atoms with van der Waals surface area (Å²) in [5.41, 5.74) is 1.92. The topological polar surface area (TPSA) is 38.7 Å². The highest BCUT2D eigenvalue weighted by atomic mass is 79.9. The van der Waals surface area contributed by atoms with Gasteiger partial charge in [-0.15, -0.1) is 0 Å². The van der Waals surface area contributed by atoms with E-state index in [4.69, 9.17) is 9.47 Å². The molecule has 0 fully saturated rings. The fourth-order valence-electron chi connectivity index (χ4n) is 2.28. The van der Waals surface area contributed by atoms with Gasteiger partial charge >= 0.3 is 0 Å². The van der Waals surface area contributed by atoms with Crippen LogP contribution in [0, 0.1) is 0 Å². The Morgan fingerprint density at radius 1 is 1.05 bits per heavy atom. The van der Waals surface area contributed by atoms with Gasteiger partial charge in [0.15, 0.2) is 11.5 Å². The molecule has 1 heterocycles. The van der Waals surface area contributed by atoms with Crippen LogP contribution >= 0.6 is 15.9 Å². The number of aliphatic hydroxyl groups excluding tert-OH is 1. The van der Waals surface area contributed by atoms with Crippen LogP contribution in [0.3, 0.4) is 0 Å². The van der Waals surface area contributed by atoms with Gasteiger partial charge in [-0.25, -0.2) is 0 Å². The first-order chi connectivity index (χ1) is 9.74. The van der Waals surface area contributed by atoms with Gasteiger partial charge < -0.3 is 14.6 Å². The molecule has 104 valence electrons. The monoisotopic (exact) mass is 334 g/mol. The molecule has 1 atom stereocenters. The first-order valence-electron chi connectivity index (χ1n) is 6.55. The molecule has 3 rings (SSSR count). The van der Waals surface area contributed by atoms with E-state index in [9.17, 15) is 5.11 Å². The van der Waals surface area contributed by atoms with Crippen LogP contribution < -0.4 is 9.47 Å². The van der Waals surface area contributed by atoms with E-state index in [2.05, 4.69) is 15.9 Å². The Kier molecular flexibility index (Phi) is 3.94. The lowest BCUT2D eigenvalue weighted by molar-refractivity contribution is 0.164. The number of halogens is 1. The van der Waals surface area contributed by atoms with Crippen LogP contribution in [0.15, 0.2) is 46.9 Å². The van der Waals surface area contributed by atoms with Crippen molar-refractivity contribution in [3.8, 4) is 11.5 Å². The number of rotatable bonds is 3. The lowest BCUT2D eigenvalue weighted by Gasteiger charge is -2.21. The highest BCUT2D eigenvalue weighted by Gasteiger charge is 2.19. The van der Waals surface area contributed by atoms with Crippen LogP contribution in [0.25, 0.3) is 0 Å². The summed E-state index contributed by atoms with van der Waals surface area (Å²) in [6, 6.07) is 13.6. The predicted molar refractivity (Wildman–Crippen MR) is 80.2 cm³/mol. The Morgan fingerprint density at radius 3 is 2.40 bits per heavy atom. The highest BCUT2D eigenvalue weighted by molar-refractivity contribution is 9.10. The van der Waals surface area contributed by atoms with Crippen LogP contribution in [0.4, 0.5) is 0 Å². The maximum absolute atomic E-state index is 10.4. The van der Waals surface area contributed by atoms with E-state index >= 15 is 0 Å². The molecule has 0 radical (unpaired) electrons. The van der Waals surface area contributed by atoms with E-state index in [1.165, 1.54) is 0 Å². The second-order valence-electron chi connectivity index (χ2n) is 4.72. The van der Waals surface area contributed by atoms with Crippen LogP contribution in [0.2, 0.25) is 0 Å². The van der Waals surface area contributed by atoms with Crippen molar-refractivity contribution in [1.29, 1.82) is 0 Å². The van der Waals surface area contributed by atoms with E-state index in [0.29, 0.717) is 25.4 Å². The summed E-state index contributed by atoms with van der Waals surface area (Å²) in [5, 5.41) is 10.4. The van der Waals surface area contributed by atoms with Gasteiger partial charge in [0, 0.05) is 10.9 Å². The third-order valence-electron chi connectivity index (χ3n) is 3.29. The van der Waals surface area contributed by atoms with Crippen LogP contribution in [-0.2, 0) is 6.42 Å². The van der Waals surface area contributed by atoms with E-state index in [-0.39, 0.29) is 0 Å². The zero-order valence-electron chi connectivity index (χ0n) is 10.9. The van der Waals surface area contributed by atoms with E-state index in [1.807, 2.05) is 42.5 Å². The quantitative estimate of drug-likeness (QED) is 0.933. The van der Waals surface area contributed by atoms with Crippen LogP contribution in [0.5, 0.6) is 11.5 Å². The van der Waals surface area contributed by atoms with Crippen molar-refractivity contribution < 1.29 is 14.6 Å². The molecule has 0 saturated carbocycles. The number of ether oxygens (including phenoxy) is 2. The Morgan fingerprint density at radius 2 is 1.70 bits per heavy atom. The van der Waals surface area contributed by atoms with Gasteiger partial charge in [0.05, 0.1) is 6.10 Å². The van der Waals surface area contributed by atoms with Gasteiger partial charge in [0.25, 0.3) is 0 Å². The lowest BCUT2D eigenvalue weighted by atomic mass is 10.0. The summed E-state index contributed by atoms with van der Waals surface area (Å²) in [6.07, 6.45) is -0.0124. The number of benzene rings is 2. The molecule has 2 aromatic carbocycles. The first-order valence-corrected chi connectivity index (χ1v) is 7.34. The van der Waals surface area contributed by atoms with Crippen molar-refractivity contribution in [3.63, 3.8) is 0 Å². The lowest BCUT2D eigenvalue weighted by Crippen LogP contribution is -2.16. The Bertz CT molecular complexity index is 598. The minimum absolute atomic E-state index is 0.544. The molecule has 3 nitrogen and oxygen atoms in total. The predicted octanol–water partition coefficient (Wildman–Crippen LogP) is 3.50. The average molecular weight is 335 g/mol. The second-order valence-corrected chi connectivity index (χ2v) is 5.58. The molecule has 2 aromatic rings. The van der Waals surface area contributed by atoms with Gasteiger partial charge in [-0.1, -0.05) is 46.3 Å². The molecule has 1 aliphatic rings. The third kappa shape index (κ3) is 2.81. The van der Waals surface area contributed by atoms with E-state index in [1.54, 1.807) is 0 Å². The Labute approximate surface area is 126 Å². The first kappa shape index (κ1) is 13.5. The van der Waals surface area contributed by atoms with Crippen LogP contribution in [0.1, 0.15) is 17.2 Å². The Hall–Kier alpha value is -1.52. The normalized spacial score (nSPS) is 14.9. The molecule has 1 unspecified atom stereocenters. The maximum Gasteiger partial charge on any atom is 0.162 e. The van der Waals surface area contributed by atoms with Crippen molar-refractivity contribution in [2.24, 2.45) is 0 Å². The van der Waals surface area contributed by atoms with Gasteiger partial charge in [0.2, 0.25) is 0 Å². The molecule has 0 bridgehead atoms. The van der Waals surface area contributed by atoms with E-state index in [0.717, 1.165) is 21.3 Å². The molecule has 0 aromatic heterocycles.